The van der Waals surface area contributed by atoms with Crippen molar-refractivity contribution < 1.29 is 4.74 Å². The molecule has 1 N–H and O–H groups in total. The normalized spacial score (nSPS) is 14.0. The summed E-state index contributed by atoms with van der Waals surface area (Å²) in [7, 11) is 1.69. The minimum atomic E-state index is 0.555. The van der Waals surface area contributed by atoms with E-state index in [0.29, 0.717) is 12.5 Å². The SMILES string of the molecule is COc1ccc(N2CCN(c3cnnc(NCc4ccccc4)n3)CC2)cc1. The number of hydrogen-bond acceptors (Lipinski definition) is 7. The lowest BCUT2D eigenvalue weighted by molar-refractivity contribution is 0.415. The Bertz CT molecular complexity index is 879. The first-order valence-corrected chi connectivity index (χ1v) is 9.43. The number of nitrogens with zero attached hydrogens (tertiary/aromatic N) is 5. The van der Waals surface area contributed by atoms with Crippen molar-refractivity contribution in [3.05, 3.63) is 66.4 Å². The third-order valence-electron chi connectivity index (χ3n) is 4.88. The number of ether oxygens (including phenoxy) is 1. The van der Waals surface area contributed by atoms with Crippen LogP contribution in [0.3, 0.4) is 0 Å². The fourth-order valence-electron chi connectivity index (χ4n) is 3.29. The molecule has 0 saturated carbocycles. The third kappa shape index (κ3) is 4.31. The van der Waals surface area contributed by atoms with Gasteiger partial charge in [-0.2, -0.15) is 10.1 Å². The molecule has 3 aromatic rings. The monoisotopic (exact) mass is 376 g/mol. The number of benzene rings is 2. The van der Waals surface area contributed by atoms with E-state index in [9.17, 15) is 0 Å². The van der Waals surface area contributed by atoms with Gasteiger partial charge in [-0.05, 0) is 29.8 Å². The highest BCUT2D eigenvalue weighted by atomic mass is 16.5. The summed E-state index contributed by atoms with van der Waals surface area (Å²) in [5.74, 6) is 2.30. The zero-order valence-electron chi connectivity index (χ0n) is 16.0. The minimum absolute atomic E-state index is 0.555. The summed E-state index contributed by atoms with van der Waals surface area (Å²) in [6.07, 6.45) is 1.73. The van der Waals surface area contributed by atoms with Crippen LogP contribution in [0.1, 0.15) is 5.56 Å². The third-order valence-corrected chi connectivity index (χ3v) is 4.88. The number of anilines is 3. The first-order valence-electron chi connectivity index (χ1n) is 9.43. The number of nitrogens with one attached hydrogen (secondary N) is 1. The van der Waals surface area contributed by atoms with Crippen LogP contribution < -0.4 is 19.9 Å². The van der Waals surface area contributed by atoms with Crippen LogP contribution in [0.2, 0.25) is 0 Å². The van der Waals surface area contributed by atoms with Crippen molar-refractivity contribution in [2.75, 3.05) is 48.4 Å². The molecule has 144 valence electrons. The smallest absolute Gasteiger partial charge is 0.244 e. The summed E-state index contributed by atoms with van der Waals surface area (Å²) in [4.78, 5) is 9.26. The maximum absolute atomic E-state index is 5.24. The fraction of sp³-hybridized carbons (Fsp3) is 0.286. The largest absolute Gasteiger partial charge is 0.497 e. The molecule has 0 amide bonds. The van der Waals surface area contributed by atoms with Crippen molar-refractivity contribution in [1.82, 2.24) is 15.2 Å². The van der Waals surface area contributed by atoms with Crippen LogP contribution in [0.25, 0.3) is 0 Å². The van der Waals surface area contributed by atoms with Gasteiger partial charge in [0.25, 0.3) is 0 Å². The standard InChI is InChI=1S/C21H24N6O/c1-28-19-9-7-18(8-10-19)26-11-13-27(14-12-26)20-16-23-25-21(24-20)22-15-17-5-3-2-4-6-17/h2-10,16H,11-15H2,1H3,(H,22,24,25). The van der Waals surface area contributed by atoms with Crippen LogP contribution in [0.5, 0.6) is 5.75 Å². The van der Waals surface area contributed by atoms with E-state index >= 15 is 0 Å². The Morgan fingerprint density at radius 3 is 2.36 bits per heavy atom. The van der Waals surface area contributed by atoms with Crippen LogP contribution in [0.15, 0.2) is 60.8 Å². The predicted octanol–water partition coefficient (Wildman–Crippen LogP) is 2.82. The average Bonchev–Trinajstić information content (AvgIpc) is 2.79. The molecule has 0 spiro atoms. The highest BCUT2D eigenvalue weighted by Gasteiger charge is 2.19. The van der Waals surface area contributed by atoms with Gasteiger partial charge in [-0.25, -0.2) is 0 Å². The minimum Gasteiger partial charge on any atom is -0.497 e. The van der Waals surface area contributed by atoms with E-state index in [1.54, 1.807) is 13.3 Å². The second-order valence-electron chi connectivity index (χ2n) is 6.65. The van der Waals surface area contributed by atoms with Crippen LogP contribution in [0, 0.1) is 0 Å². The summed E-state index contributed by atoms with van der Waals surface area (Å²) in [5, 5.41) is 11.5. The molecule has 0 unspecified atom stereocenters. The quantitative estimate of drug-likeness (QED) is 0.709. The van der Waals surface area contributed by atoms with Crippen molar-refractivity contribution >= 4 is 17.5 Å². The molecule has 0 radical (unpaired) electrons. The van der Waals surface area contributed by atoms with Gasteiger partial charge in [-0.3, -0.25) is 0 Å². The molecule has 0 atom stereocenters. The van der Waals surface area contributed by atoms with E-state index in [1.807, 2.05) is 30.3 Å². The molecule has 28 heavy (non-hydrogen) atoms. The maximum Gasteiger partial charge on any atom is 0.244 e. The van der Waals surface area contributed by atoms with Gasteiger partial charge in [0.05, 0.1) is 13.3 Å². The van der Waals surface area contributed by atoms with Crippen LogP contribution >= 0.6 is 0 Å². The summed E-state index contributed by atoms with van der Waals surface area (Å²) in [6, 6.07) is 18.4. The Kier molecular flexibility index (Phi) is 5.51. The molecule has 1 saturated heterocycles. The van der Waals surface area contributed by atoms with Gasteiger partial charge in [0, 0.05) is 38.4 Å². The topological polar surface area (TPSA) is 66.4 Å². The highest BCUT2D eigenvalue weighted by molar-refractivity contribution is 5.51. The summed E-state index contributed by atoms with van der Waals surface area (Å²) in [5.41, 5.74) is 2.40. The maximum atomic E-state index is 5.24. The number of methoxy groups -OCH3 is 1. The molecule has 0 bridgehead atoms. The Morgan fingerprint density at radius 1 is 0.929 bits per heavy atom. The Morgan fingerprint density at radius 2 is 1.64 bits per heavy atom. The molecule has 1 aromatic heterocycles. The van der Waals surface area contributed by atoms with Crippen molar-refractivity contribution in [3.63, 3.8) is 0 Å². The Hall–Kier alpha value is -3.35. The molecule has 1 fully saturated rings. The van der Waals surface area contributed by atoms with E-state index < -0.39 is 0 Å². The zero-order chi connectivity index (χ0) is 19.2. The van der Waals surface area contributed by atoms with Crippen molar-refractivity contribution in [3.8, 4) is 5.75 Å². The Labute approximate surface area is 165 Å². The van der Waals surface area contributed by atoms with Gasteiger partial charge >= 0.3 is 0 Å². The van der Waals surface area contributed by atoms with E-state index in [4.69, 9.17) is 4.74 Å². The molecular weight excluding hydrogens is 352 g/mol. The highest BCUT2D eigenvalue weighted by Crippen LogP contribution is 2.22. The van der Waals surface area contributed by atoms with Gasteiger partial charge < -0.3 is 19.9 Å². The number of piperazine rings is 1. The molecule has 7 heteroatoms. The lowest BCUT2D eigenvalue weighted by atomic mass is 10.2. The number of hydrogen-bond donors (Lipinski definition) is 1. The first kappa shape index (κ1) is 18.0. The van der Waals surface area contributed by atoms with Gasteiger partial charge in [0.1, 0.15) is 5.75 Å². The van der Waals surface area contributed by atoms with Gasteiger partial charge in [-0.1, -0.05) is 30.3 Å². The molecule has 4 rings (SSSR count). The van der Waals surface area contributed by atoms with Crippen molar-refractivity contribution in [1.29, 1.82) is 0 Å². The first-order chi connectivity index (χ1) is 13.8. The fourth-order valence-corrected chi connectivity index (χ4v) is 3.29. The molecule has 2 aromatic carbocycles. The number of aromatic nitrogens is 3. The lowest BCUT2D eigenvalue weighted by Crippen LogP contribution is -2.46. The predicted molar refractivity (Wildman–Crippen MR) is 111 cm³/mol. The van der Waals surface area contributed by atoms with Crippen LogP contribution in [0.4, 0.5) is 17.5 Å². The summed E-state index contributed by atoms with van der Waals surface area (Å²) in [6.45, 7) is 4.33. The van der Waals surface area contributed by atoms with Gasteiger partial charge in [-0.15, -0.1) is 5.10 Å². The molecule has 0 aliphatic carbocycles. The van der Waals surface area contributed by atoms with Crippen molar-refractivity contribution in [2.24, 2.45) is 0 Å². The summed E-state index contributed by atoms with van der Waals surface area (Å²) >= 11 is 0. The second-order valence-corrected chi connectivity index (χ2v) is 6.65. The van der Waals surface area contributed by atoms with Crippen molar-refractivity contribution in [2.45, 2.75) is 6.54 Å². The van der Waals surface area contributed by atoms with E-state index in [-0.39, 0.29) is 0 Å². The van der Waals surface area contributed by atoms with Gasteiger partial charge in [0.2, 0.25) is 5.95 Å². The van der Waals surface area contributed by atoms with E-state index in [2.05, 4.69) is 54.6 Å². The van der Waals surface area contributed by atoms with Crippen LogP contribution in [-0.2, 0) is 6.54 Å². The molecule has 1 aliphatic heterocycles. The Balaban J connectivity index is 1.35. The average molecular weight is 376 g/mol. The molecule has 2 heterocycles. The van der Waals surface area contributed by atoms with Gasteiger partial charge in [0.15, 0.2) is 5.82 Å². The lowest BCUT2D eigenvalue weighted by Gasteiger charge is -2.36. The van der Waals surface area contributed by atoms with E-state index in [0.717, 1.165) is 37.7 Å². The molecule has 7 nitrogen and oxygen atoms in total. The second kappa shape index (κ2) is 8.56. The molecule has 1 aliphatic rings. The van der Waals surface area contributed by atoms with Crippen LogP contribution in [-0.4, -0.2) is 48.5 Å². The summed E-state index contributed by atoms with van der Waals surface area (Å²) < 4.78 is 5.24. The number of rotatable bonds is 6. The van der Waals surface area contributed by atoms with E-state index in [1.165, 1.54) is 11.3 Å². The molecular formula is C21H24N6O. The zero-order valence-corrected chi connectivity index (χ0v) is 16.0.